The largest absolute Gasteiger partial charge is 0.454 e. The Morgan fingerprint density at radius 2 is 2.00 bits per heavy atom. The number of carbonyl (C=O) groups is 1. The first-order valence-corrected chi connectivity index (χ1v) is 12.9. The van der Waals surface area contributed by atoms with Gasteiger partial charge in [-0.25, -0.2) is 4.79 Å². The van der Waals surface area contributed by atoms with E-state index in [1.54, 1.807) is 0 Å². The number of non-ortho nitro benzene ring substituents is 1. The van der Waals surface area contributed by atoms with Crippen molar-refractivity contribution in [2.24, 2.45) is 39.9 Å². The molecule has 184 valence electrons. The van der Waals surface area contributed by atoms with Crippen LogP contribution in [0.5, 0.6) is 0 Å². The SMILES string of the molecule is C=C1[C@H]2C[C@@H]3C4N5C[C@]6(C)CCC[C@@]47[C@@H]6[C@@]5(O)C[C@]3([C@@H]1OC(=O)c1ccc([N+](=O)[O-])cc1)[C@H]7[C@H]2O. The number of benzene rings is 1. The second-order valence-corrected chi connectivity index (χ2v) is 12.9. The van der Waals surface area contributed by atoms with Crippen LogP contribution in [0, 0.1) is 50.0 Å². The molecular formula is C27H30N2O6. The van der Waals surface area contributed by atoms with Crippen LogP contribution in [0.2, 0.25) is 0 Å². The van der Waals surface area contributed by atoms with E-state index in [-0.39, 0.29) is 51.8 Å². The summed E-state index contributed by atoms with van der Waals surface area (Å²) in [5, 5.41) is 35.1. The second kappa shape index (κ2) is 5.82. The first-order chi connectivity index (χ1) is 16.6. The van der Waals surface area contributed by atoms with Crippen LogP contribution in [0.15, 0.2) is 36.4 Å². The maximum absolute atomic E-state index is 13.3. The number of ether oxygens (including phenoxy) is 1. The van der Waals surface area contributed by atoms with Crippen molar-refractivity contribution in [3.8, 4) is 0 Å². The number of hydrogen-bond acceptors (Lipinski definition) is 7. The lowest BCUT2D eigenvalue weighted by molar-refractivity contribution is -0.384. The van der Waals surface area contributed by atoms with Crippen molar-refractivity contribution in [1.29, 1.82) is 0 Å². The Morgan fingerprint density at radius 1 is 1.26 bits per heavy atom. The standard InChI is InChI=1S/C27H30N2O6/c1-13-16-10-17-20-25-9-3-8-24(2)12-28(20)27(32,23(24)25)11-26(17,19(25)18(16)30)21(13)35-22(31)14-4-6-15(7-5-14)29(33)34/h4-7,16-21,23,30,32H,1,3,8-12H2,2H3/t16-,17-,18+,19+,20?,21-,23-,24+,25+,26-,27+/m1/s1. The summed E-state index contributed by atoms with van der Waals surface area (Å²) in [6, 6.07) is 5.70. The maximum atomic E-state index is 13.3. The van der Waals surface area contributed by atoms with Crippen LogP contribution in [0.3, 0.4) is 0 Å². The normalized spacial score (nSPS) is 55.5. The first-order valence-electron chi connectivity index (χ1n) is 12.9. The van der Waals surface area contributed by atoms with Gasteiger partial charge in [0, 0.05) is 54.3 Å². The number of nitro groups is 1. The van der Waals surface area contributed by atoms with Gasteiger partial charge >= 0.3 is 5.97 Å². The molecule has 2 N–H and O–H groups in total. The molecule has 35 heavy (non-hydrogen) atoms. The van der Waals surface area contributed by atoms with Gasteiger partial charge in [0.1, 0.15) is 11.8 Å². The molecular weight excluding hydrogens is 448 g/mol. The monoisotopic (exact) mass is 478 g/mol. The lowest BCUT2D eigenvalue weighted by atomic mass is 9.39. The van der Waals surface area contributed by atoms with Gasteiger partial charge in [-0.1, -0.05) is 19.9 Å². The Balaban J connectivity index is 1.23. The van der Waals surface area contributed by atoms with E-state index in [1.807, 2.05) is 0 Å². The molecule has 3 aliphatic heterocycles. The number of fused-ring (bicyclic) bond motifs is 1. The van der Waals surface area contributed by atoms with E-state index in [4.69, 9.17) is 4.74 Å². The van der Waals surface area contributed by atoms with Crippen molar-refractivity contribution in [1.82, 2.24) is 4.90 Å². The van der Waals surface area contributed by atoms with Crippen LogP contribution in [0.25, 0.3) is 0 Å². The minimum absolute atomic E-state index is 0.0147. The summed E-state index contributed by atoms with van der Waals surface area (Å²) < 4.78 is 6.24. The van der Waals surface area contributed by atoms with Crippen LogP contribution in [0.1, 0.15) is 49.4 Å². The fourth-order valence-corrected chi connectivity index (χ4v) is 11.6. The van der Waals surface area contributed by atoms with Crippen LogP contribution in [-0.2, 0) is 4.74 Å². The summed E-state index contributed by atoms with van der Waals surface area (Å²) in [7, 11) is 0. The Labute approximate surface area is 203 Å². The van der Waals surface area contributed by atoms with E-state index in [0.29, 0.717) is 6.42 Å². The molecule has 2 unspecified atom stereocenters. The maximum Gasteiger partial charge on any atom is 0.338 e. The molecule has 0 amide bonds. The third-order valence-corrected chi connectivity index (χ3v) is 11.9. The summed E-state index contributed by atoms with van der Waals surface area (Å²) in [4.78, 5) is 26.2. The van der Waals surface area contributed by atoms with Crippen molar-refractivity contribution >= 4 is 11.7 Å². The highest BCUT2D eigenvalue weighted by atomic mass is 16.6. The molecule has 6 aliphatic carbocycles. The summed E-state index contributed by atoms with van der Waals surface area (Å²) in [5.41, 5.74) is -0.574. The lowest BCUT2D eigenvalue weighted by Gasteiger charge is -2.67. The Hall–Kier alpha value is -2.29. The van der Waals surface area contributed by atoms with E-state index in [9.17, 15) is 25.1 Å². The highest BCUT2D eigenvalue weighted by molar-refractivity contribution is 5.90. The predicted molar refractivity (Wildman–Crippen MR) is 123 cm³/mol. The number of hydrogen-bond donors (Lipinski definition) is 2. The zero-order valence-electron chi connectivity index (χ0n) is 19.7. The molecule has 0 aromatic heterocycles. The summed E-state index contributed by atoms with van der Waals surface area (Å²) in [6.45, 7) is 7.58. The van der Waals surface area contributed by atoms with E-state index in [1.165, 1.54) is 24.3 Å². The molecule has 2 spiro atoms. The fraction of sp³-hybridized carbons (Fsp3) is 0.667. The van der Waals surface area contributed by atoms with Crippen molar-refractivity contribution in [2.75, 3.05) is 6.54 Å². The number of aliphatic hydroxyl groups is 2. The average molecular weight is 479 g/mol. The summed E-state index contributed by atoms with van der Waals surface area (Å²) in [5.74, 6) is -0.247. The highest BCUT2D eigenvalue weighted by Crippen LogP contribution is 2.89. The number of esters is 1. The average Bonchev–Trinajstić information content (AvgIpc) is 3.18. The number of piperidine rings is 2. The van der Waals surface area contributed by atoms with E-state index < -0.39 is 34.2 Å². The van der Waals surface area contributed by atoms with Gasteiger partial charge < -0.3 is 14.9 Å². The van der Waals surface area contributed by atoms with E-state index in [2.05, 4.69) is 18.4 Å². The van der Waals surface area contributed by atoms with Gasteiger partial charge in [-0.05, 0) is 53.7 Å². The van der Waals surface area contributed by atoms with Crippen LogP contribution in [-0.4, -0.2) is 56.5 Å². The molecule has 0 radical (unpaired) electrons. The lowest BCUT2D eigenvalue weighted by Crippen LogP contribution is -2.72. The van der Waals surface area contributed by atoms with E-state index >= 15 is 0 Å². The zero-order chi connectivity index (χ0) is 24.3. The molecule has 1 aromatic carbocycles. The quantitative estimate of drug-likeness (QED) is 0.297. The number of rotatable bonds is 3. The Kier molecular flexibility index (Phi) is 3.47. The van der Waals surface area contributed by atoms with Crippen molar-refractivity contribution in [2.45, 2.75) is 63.0 Å². The van der Waals surface area contributed by atoms with Crippen molar-refractivity contribution < 1.29 is 24.7 Å². The third kappa shape index (κ3) is 1.92. The second-order valence-electron chi connectivity index (χ2n) is 12.9. The number of carbonyl (C=O) groups excluding carboxylic acids is 1. The van der Waals surface area contributed by atoms with Crippen LogP contribution in [0.4, 0.5) is 5.69 Å². The Bertz CT molecular complexity index is 1230. The molecule has 6 saturated carbocycles. The van der Waals surface area contributed by atoms with Crippen LogP contribution < -0.4 is 0 Å². The molecule has 9 fully saturated rings. The van der Waals surface area contributed by atoms with Gasteiger partial charge in [0.25, 0.3) is 5.69 Å². The van der Waals surface area contributed by atoms with Gasteiger partial charge in [0.2, 0.25) is 0 Å². The van der Waals surface area contributed by atoms with Gasteiger partial charge in [-0.15, -0.1) is 0 Å². The van der Waals surface area contributed by atoms with Gasteiger partial charge in [-0.3, -0.25) is 15.0 Å². The molecule has 3 saturated heterocycles. The molecule has 1 aromatic rings. The number of aliphatic hydroxyl groups excluding tert-OH is 1. The Morgan fingerprint density at radius 3 is 2.71 bits per heavy atom. The first kappa shape index (κ1) is 20.9. The predicted octanol–water partition coefficient (Wildman–Crippen LogP) is 2.89. The number of nitro benzene ring substituents is 1. The fourth-order valence-electron chi connectivity index (χ4n) is 11.6. The highest BCUT2D eigenvalue weighted by Gasteiger charge is 2.93. The van der Waals surface area contributed by atoms with Gasteiger partial charge in [-0.2, -0.15) is 0 Å². The smallest absolute Gasteiger partial charge is 0.338 e. The summed E-state index contributed by atoms with van der Waals surface area (Å²) >= 11 is 0. The minimum atomic E-state index is -0.922. The molecule has 12 atom stereocenters. The molecule has 3 heterocycles. The van der Waals surface area contributed by atoms with Crippen molar-refractivity contribution in [3.63, 3.8) is 0 Å². The summed E-state index contributed by atoms with van der Waals surface area (Å²) in [6.07, 6.45) is 3.49. The topological polar surface area (TPSA) is 113 Å². The van der Waals surface area contributed by atoms with Crippen LogP contribution >= 0.6 is 0 Å². The van der Waals surface area contributed by atoms with Gasteiger partial charge in [0.15, 0.2) is 0 Å². The molecule has 10 rings (SSSR count). The van der Waals surface area contributed by atoms with E-state index in [0.717, 1.165) is 37.8 Å². The number of nitrogens with zero attached hydrogens (tertiary/aromatic N) is 2. The third-order valence-electron chi connectivity index (χ3n) is 11.9. The molecule has 8 nitrogen and oxygen atoms in total. The molecule has 9 aliphatic rings. The zero-order valence-corrected chi connectivity index (χ0v) is 19.7. The van der Waals surface area contributed by atoms with Gasteiger partial charge in [0.05, 0.1) is 16.6 Å². The molecule has 8 heteroatoms. The van der Waals surface area contributed by atoms with Crippen molar-refractivity contribution in [3.05, 3.63) is 52.1 Å². The minimum Gasteiger partial charge on any atom is -0.454 e. The molecule has 9 bridgehead atoms.